The van der Waals surface area contributed by atoms with E-state index in [0.29, 0.717) is 11.8 Å². The molecule has 0 saturated heterocycles. The van der Waals surface area contributed by atoms with E-state index in [2.05, 4.69) is 12.2 Å². The van der Waals surface area contributed by atoms with Crippen LogP contribution in [-0.2, 0) is 10.3 Å². The van der Waals surface area contributed by atoms with E-state index >= 15 is 0 Å². The van der Waals surface area contributed by atoms with E-state index in [0.717, 1.165) is 12.1 Å². The zero-order valence-corrected chi connectivity index (χ0v) is 13.8. The van der Waals surface area contributed by atoms with Crippen molar-refractivity contribution in [2.24, 2.45) is 17.6 Å². The monoisotopic (exact) mass is 310 g/mol. The average molecular weight is 311 g/mol. The Morgan fingerprint density at radius 2 is 1.90 bits per heavy atom. The molecule has 0 radical (unpaired) electrons. The van der Waals surface area contributed by atoms with Gasteiger partial charge in [-0.05, 0) is 30.7 Å². The largest absolute Gasteiger partial charge is 0.354 e. The molecule has 4 heteroatoms. The molecule has 3 unspecified atom stereocenters. The second-order valence-corrected chi connectivity index (χ2v) is 6.30. The number of hydrogen-bond donors (Lipinski definition) is 2. The van der Waals surface area contributed by atoms with Crippen LogP contribution in [0.5, 0.6) is 0 Å². The van der Waals surface area contributed by atoms with E-state index in [1.54, 1.807) is 6.92 Å². The number of halogens is 1. The first-order valence-electron chi connectivity index (χ1n) is 7.64. The van der Waals surface area contributed by atoms with Gasteiger partial charge in [0.15, 0.2) is 0 Å². The van der Waals surface area contributed by atoms with Gasteiger partial charge in [0.1, 0.15) is 5.54 Å². The minimum absolute atomic E-state index is 0. The van der Waals surface area contributed by atoms with E-state index in [9.17, 15) is 4.79 Å². The van der Waals surface area contributed by atoms with E-state index in [1.807, 2.05) is 30.3 Å². The zero-order chi connectivity index (χ0) is 14.6. The topological polar surface area (TPSA) is 55.1 Å². The van der Waals surface area contributed by atoms with Crippen LogP contribution in [0.4, 0.5) is 0 Å². The van der Waals surface area contributed by atoms with Gasteiger partial charge in [0.05, 0.1) is 0 Å². The van der Waals surface area contributed by atoms with Crippen molar-refractivity contribution in [1.82, 2.24) is 5.32 Å². The molecule has 1 fully saturated rings. The molecule has 1 saturated carbocycles. The SMILES string of the molecule is CC1CCCCC1CNC(=O)C(C)(N)c1ccccc1.Cl. The number of benzene rings is 1. The van der Waals surface area contributed by atoms with Crippen LogP contribution in [-0.4, -0.2) is 12.5 Å². The number of nitrogens with two attached hydrogens (primary N) is 1. The van der Waals surface area contributed by atoms with Crippen LogP contribution < -0.4 is 11.1 Å². The summed E-state index contributed by atoms with van der Waals surface area (Å²) in [7, 11) is 0. The first-order chi connectivity index (χ1) is 9.51. The predicted molar refractivity (Wildman–Crippen MR) is 89.4 cm³/mol. The number of nitrogens with one attached hydrogen (secondary N) is 1. The molecule has 118 valence electrons. The Balaban J connectivity index is 0.00000220. The Hall–Kier alpha value is -1.06. The lowest BCUT2D eigenvalue weighted by Crippen LogP contribution is -2.50. The molecule has 0 spiro atoms. The van der Waals surface area contributed by atoms with Gasteiger partial charge in [-0.2, -0.15) is 0 Å². The lowest BCUT2D eigenvalue weighted by atomic mass is 9.80. The van der Waals surface area contributed by atoms with Crippen molar-refractivity contribution in [2.75, 3.05) is 6.54 Å². The fourth-order valence-electron chi connectivity index (χ4n) is 3.02. The molecule has 3 nitrogen and oxygen atoms in total. The summed E-state index contributed by atoms with van der Waals surface area (Å²) in [4.78, 5) is 12.4. The summed E-state index contributed by atoms with van der Waals surface area (Å²) < 4.78 is 0. The molecule has 0 aliphatic heterocycles. The number of carbonyl (C=O) groups excluding carboxylic acids is 1. The van der Waals surface area contributed by atoms with E-state index < -0.39 is 5.54 Å². The molecule has 3 atom stereocenters. The van der Waals surface area contributed by atoms with Crippen LogP contribution in [0.2, 0.25) is 0 Å². The van der Waals surface area contributed by atoms with Gasteiger partial charge >= 0.3 is 0 Å². The van der Waals surface area contributed by atoms with Crippen LogP contribution in [0.1, 0.15) is 45.1 Å². The molecule has 0 bridgehead atoms. The highest BCUT2D eigenvalue weighted by Crippen LogP contribution is 2.29. The highest BCUT2D eigenvalue weighted by Gasteiger charge is 2.31. The maximum Gasteiger partial charge on any atom is 0.244 e. The zero-order valence-electron chi connectivity index (χ0n) is 13.0. The summed E-state index contributed by atoms with van der Waals surface area (Å²) in [5.74, 6) is 1.21. The first kappa shape index (κ1) is 18.0. The van der Waals surface area contributed by atoms with E-state index in [4.69, 9.17) is 5.73 Å². The highest BCUT2D eigenvalue weighted by atomic mass is 35.5. The van der Waals surface area contributed by atoms with Crippen molar-refractivity contribution in [2.45, 2.75) is 45.1 Å². The average Bonchev–Trinajstić information content (AvgIpc) is 2.47. The fourth-order valence-corrected chi connectivity index (χ4v) is 3.02. The molecule has 1 aliphatic rings. The molecular weight excluding hydrogens is 284 g/mol. The summed E-state index contributed by atoms with van der Waals surface area (Å²) in [5.41, 5.74) is 6.12. The molecule has 3 N–H and O–H groups in total. The van der Waals surface area contributed by atoms with Crippen LogP contribution in [0, 0.1) is 11.8 Å². The fraction of sp³-hybridized carbons (Fsp3) is 0.588. The molecule has 1 aliphatic carbocycles. The quantitative estimate of drug-likeness (QED) is 0.897. The van der Waals surface area contributed by atoms with E-state index in [1.165, 1.54) is 25.7 Å². The van der Waals surface area contributed by atoms with Gasteiger partial charge in [-0.1, -0.05) is 56.5 Å². The number of carbonyl (C=O) groups is 1. The minimum Gasteiger partial charge on any atom is -0.354 e. The molecule has 0 aromatic heterocycles. The molecule has 21 heavy (non-hydrogen) atoms. The maximum atomic E-state index is 12.4. The van der Waals surface area contributed by atoms with Gasteiger partial charge in [0, 0.05) is 6.54 Å². The number of hydrogen-bond acceptors (Lipinski definition) is 2. The summed E-state index contributed by atoms with van der Waals surface area (Å²) in [6, 6.07) is 9.57. The van der Waals surface area contributed by atoms with Crippen LogP contribution in [0.3, 0.4) is 0 Å². The van der Waals surface area contributed by atoms with Crippen LogP contribution in [0.15, 0.2) is 30.3 Å². The Bertz CT molecular complexity index is 447. The third kappa shape index (κ3) is 4.45. The first-order valence-corrected chi connectivity index (χ1v) is 7.64. The lowest BCUT2D eigenvalue weighted by Gasteiger charge is -2.31. The predicted octanol–water partition coefficient (Wildman–Crippen LogP) is 3.22. The van der Waals surface area contributed by atoms with Gasteiger partial charge in [0.25, 0.3) is 0 Å². The van der Waals surface area contributed by atoms with Crippen molar-refractivity contribution in [3.05, 3.63) is 35.9 Å². The molecular formula is C17H27ClN2O. The van der Waals surface area contributed by atoms with Crippen molar-refractivity contribution in [3.8, 4) is 0 Å². The molecule has 0 heterocycles. The number of amides is 1. The van der Waals surface area contributed by atoms with E-state index in [-0.39, 0.29) is 18.3 Å². The maximum absolute atomic E-state index is 12.4. The number of rotatable bonds is 4. The summed E-state index contributed by atoms with van der Waals surface area (Å²) in [5, 5.41) is 3.06. The molecule has 1 aromatic rings. The second kappa shape index (κ2) is 7.81. The van der Waals surface area contributed by atoms with Gasteiger partial charge in [0.2, 0.25) is 5.91 Å². The Labute approximate surface area is 134 Å². The summed E-state index contributed by atoms with van der Waals surface area (Å²) in [6.45, 7) is 4.82. The molecule has 1 amide bonds. The van der Waals surface area contributed by atoms with Gasteiger partial charge in [-0.3, -0.25) is 4.79 Å². The van der Waals surface area contributed by atoms with Crippen molar-refractivity contribution < 1.29 is 4.79 Å². The van der Waals surface area contributed by atoms with Crippen molar-refractivity contribution in [3.63, 3.8) is 0 Å². The lowest BCUT2D eigenvalue weighted by molar-refractivity contribution is -0.126. The van der Waals surface area contributed by atoms with Crippen molar-refractivity contribution >= 4 is 18.3 Å². The van der Waals surface area contributed by atoms with Crippen LogP contribution in [0.25, 0.3) is 0 Å². The minimum atomic E-state index is -0.959. The smallest absolute Gasteiger partial charge is 0.244 e. The third-order valence-electron chi connectivity index (χ3n) is 4.66. The Morgan fingerprint density at radius 1 is 1.29 bits per heavy atom. The Kier molecular flexibility index (Phi) is 6.69. The van der Waals surface area contributed by atoms with Gasteiger partial charge < -0.3 is 11.1 Å². The second-order valence-electron chi connectivity index (χ2n) is 6.30. The van der Waals surface area contributed by atoms with Gasteiger partial charge in [-0.15, -0.1) is 12.4 Å². The Morgan fingerprint density at radius 3 is 2.52 bits per heavy atom. The standard InChI is InChI=1S/C17H26N2O.ClH/c1-13-8-6-7-9-14(13)12-19-16(20)17(2,18)15-10-4-3-5-11-15;/h3-5,10-11,13-14H,6-9,12,18H2,1-2H3,(H,19,20);1H. The highest BCUT2D eigenvalue weighted by molar-refractivity contribution is 5.87. The van der Waals surface area contributed by atoms with Crippen LogP contribution >= 0.6 is 12.4 Å². The molecule has 2 rings (SSSR count). The van der Waals surface area contributed by atoms with Crippen molar-refractivity contribution in [1.29, 1.82) is 0 Å². The summed E-state index contributed by atoms with van der Waals surface area (Å²) >= 11 is 0. The summed E-state index contributed by atoms with van der Waals surface area (Å²) in [6.07, 6.45) is 5.10. The van der Waals surface area contributed by atoms with Gasteiger partial charge in [-0.25, -0.2) is 0 Å². The normalized spacial score (nSPS) is 24.5. The molecule has 1 aromatic carbocycles. The third-order valence-corrected chi connectivity index (χ3v) is 4.66.